The van der Waals surface area contributed by atoms with E-state index in [1.807, 2.05) is 6.07 Å². The highest BCUT2D eigenvalue weighted by Crippen LogP contribution is 2.22. The number of nitrogens with one attached hydrogen (secondary N) is 1. The Morgan fingerprint density at radius 2 is 1.92 bits per heavy atom. The number of nitrogens with zero attached hydrogens (tertiary/aromatic N) is 3. The third-order valence-corrected chi connectivity index (χ3v) is 5.59. The second-order valence-electron chi connectivity index (χ2n) is 7.16. The summed E-state index contributed by atoms with van der Waals surface area (Å²) < 4.78 is 1.26. The fourth-order valence-corrected chi connectivity index (χ4v) is 4.05. The van der Waals surface area contributed by atoms with Gasteiger partial charge in [-0.3, -0.25) is 14.6 Å². The van der Waals surface area contributed by atoms with Gasteiger partial charge in [-0.05, 0) is 24.5 Å². The summed E-state index contributed by atoms with van der Waals surface area (Å²) in [7, 11) is 0. The van der Waals surface area contributed by atoms with Crippen LogP contribution in [0, 0.1) is 5.92 Å². The molecule has 3 rings (SSSR count). The molecule has 0 unspecified atom stereocenters. The normalized spacial score (nSPS) is 16.6. The van der Waals surface area contributed by atoms with E-state index in [-0.39, 0.29) is 5.91 Å². The van der Waals surface area contributed by atoms with Gasteiger partial charge in [0.15, 0.2) is 0 Å². The highest BCUT2D eigenvalue weighted by molar-refractivity contribution is 7.18. The number of fused-ring (bicyclic) bond motifs is 1. The number of amides is 1. The maximum atomic E-state index is 12.0. The molecule has 1 aromatic carbocycles. The standard InChI is InChI=1S/C19H28N4OS/c1-15(2)7-8-20-18(24)13-22-9-11-23(12-10-22)14-19-21-16-5-3-4-6-17(16)25-19/h3-6,15H,7-14H2,1-2H3,(H,20,24). The number of para-hydroxylation sites is 1. The third kappa shape index (κ3) is 5.49. The van der Waals surface area contributed by atoms with Gasteiger partial charge in [0.05, 0.1) is 23.3 Å². The molecule has 0 atom stereocenters. The van der Waals surface area contributed by atoms with Crippen molar-refractivity contribution in [1.82, 2.24) is 20.1 Å². The Balaban J connectivity index is 1.40. The average molecular weight is 361 g/mol. The van der Waals surface area contributed by atoms with Crippen molar-refractivity contribution in [1.29, 1.82) is 0 Å². The minimum Gasteiger partial charge on any atom is -0.355 e. The minimum atomic E-state index is 0.153. The van der Waals surface area contributed by atoms with Gasteiger partial charge in [-0.25, -0.2) is 4.98 Å². The summed E-state index contributed by atoms with van der Waals surface area (Å²) in [5.41, 5.74) is 1.10. The molecule has 5 nitrogen and oxygen atoms in total. The van der Waals surface area contributed by atoms with Gasteiger partial charge >= 0.3 is 0 Å². The van der Waals surface area contributed by atoms with Crippen LogP contribution in [-0.2, 0) is 11.3 Å². The number of hydrogen-bond donors (Lipinski definition) is 1. The van der Waals surface area contributed by atoms with Crippen molar-refractivity contribution < 1.29 is 4.79 Å². The molecule has 1 N–H and O–H groups in total. The molecule has 2 heterocycles. The van der Waals surface area contributed by atoms with Crippen LogP contribution in [0.1, 0.15) is 25.3 Å². The lowest BCUT2D eigenvalue weighted by Crippen LogP contribution is -2.49. The maximum Gasteiger partial charge on any atom is 0.234 e. The van der Waals surface area contributed by atoms with E-state index in [0.29, 0.717) is 12.5 Å². The van der Waals surface area contributed by atoms with Crippen LogP contribution in [0.4, 0.5) is 0 Å². The first-order valence-corrected chi connectivity index (χ1v) is 9.97. The molecule has 1 amide bonds. The number of carbonyl (C=O) groups is 1. The number of rotatable bonds is 7. The molecular formula is C19H28N4OS. The van der Waals surface area contributed by atoms with Crippen LogP contribution in [0.5, 0.6) is 0 Å². The van der Waals surface area contributed by atoms with Crippen LogP contribution in [-0.4, -0.2) is 60.0 Å². The predicted molar refractivity (Wildman–Crippen MR) is 104 cm³/mol. The number of thiazole rings is 1. The molecule has 1 aromatic heterocycles. The van der Waals surface area contributed by atoms with Crippen molar-refractivity contribution in [2.24, 2.45) is 5.92 Å². The predicted octanol–water partition coefficient (Wildman–Crippen LogP) is 2.58. The van der Waals surface area contributed by atoms with Crippen LogP contribution in [0.2, 0.25) is 0 Å². The molecule has 6 heteroatoms. The molecule has 1 fully saturated rings. The first-order valence-electron chi connectivity index (χ1n) is 9.16. The van der Waals surface area contributed by atoms with E-state index in [2.05, 4.69) is 47.2 Å². The molecule has 2 aromatic rings. The van der Waals surface area contributed by atoms with Crippen molar-refractivity contribution in [3.63, 3.8) is 0 Å². The zero-order valence-electron chi connectivity index (χ0n) is 15.2. The first-order chi connectivity index (χ1) is 12.1. The number of carbonyl (C=O) groups excluding carboxylic acids is 1. The van der Waals surface area contributed by atoms with Crippen molar-refractivity contribution in [3.8, 4) is 0 Å². The molecule has 1 saturated heterocycles. The van der Waals surface area contributed by atoms with Gasteiger partial charge in [-0.1, -0.05) is 26.0 Å². The SMILES string of the molecule is CC(C)CCNC(=O)CN1CCN(Cc2nc3ccccc3s2)CC1. The second-order valence-corrected chi connectivity index (χ2v) is 8.28. The van der Waals surface area contributed by atoms with E-state index in [1.54, 1.807) is 11.3 Å². The fourth-order valence-electron chi connectivity index (χ4n) is 3.04. The summed E-state index contributed by atoms with van der Waals surface area (Å²) in [5.74, 6) is 0.784. The van der Waals surface area contributed by atoms with Crippen LogP contribution >= 0.6 is 11.3 Å². The van der Waals surface area contributed by atoms with E-state index in [9.17, 15) is 4.79 Å². The Morgan fingerprint density at radius 1 is 1.20 bits per heavy atom. The van der Waals surface area contributed by atoms with Crippen LogP contribution < -0.4 is 5.32 Å². The summed E-state index contributed by atoms with van der Waals surface area (Å²) in [6.45, 7) is 10.5. The fraction of sp³-hybridized carbons (Fsp3) is 0.579. The van der Waals surface area contributed by atoms with Crippen LogP contribution in [0.25, 0.3) is 10.2 Å². The van der Waals surface area contributed by atoms with Crippen LogP contribution in [0.3, 0.4) is 0 Å². The van der Waals surface area contributed by atoms with Crippen molar-refractivity contribution >= 4 is 27.5 Å². The molecule has 0 aliphatic carbocycles. The maximum absolute atomic E-state index is 12.0. The molecule has 1 aliphatic heterocycles. The van der Waals surface area contributed by atoms with Gasteiger partial charge in [0.1, 0.15) is 5.01 Å². The zero-order chi connectivity index (χ0) is 17.6. The highest BCUT2D eigenvalue weighted by Gasteiger charge is 2.19. The number of benzene rings is 1. The van der Waals surface area contributed by atoms with Gasteiger partial charge in [0, 0.05) is 32.7 Å². The summed E-state index contributed by atoms with van der Waals surface area (Å²) in [5, 5.41) is 4.21. The molecule has 1 aliphatic rings. The molecule has 136 valence electrons. The summed E-state index contributed by atoms with van der Waals surface area (Å²) in [6, 6.07) is 8.31. The minimum absolute atomic E-state index is 0.153. The zero-order valence-corrected chi connectivity index (χ0v) is 16.0. The molecule has 0 saturated carbocycles. The number of piperazine rings is 1. The first kappa shape index (κ1) is 18.3. The summed E-state index contributed by atoms with van der Waals surface area (Å²) in [4.78, 5) is 21.4. The Bertz CT molecular complexity index is 659. The van der Waals surface area contributed by atoms with Crippen molar-refractivity contribution in [2.45, 2.75) is 26.8 Å². The molecule has 25 heavy (non-hydrogen) atoms. The van der Waals surface area contributed by atoms with E-state index in [1.165, 1.54) is 9.71 Å². The van der Waals surface area contributed by atoms with Gasteiger partial charge in [-0.2, -0.15) is 0 Å². The quantitative estimate of drug-likeness (QED) is 0.824. The van der Waals surface area contributed by atoms with Gasteiger partial charge in [0.2, 0.25) is 5.91 Å². The van der Waals surface area contributed by atoms with Crippen molar-refractivity contribution in [2.75, 3.05) is 39.3 Å². The lowest BCUT2D eigenvalue weighted by atomic mass is 10.1. The summed E-state index contributed by atoms with van der Waals surface area (Å²) >= 11 is 1.78. The van der Waals surface area contributed by atoms with Crippen molar-refractivity contribution in [3.05, 3.63) is 29.3 Å². The average Bonchev–Trinajstić information content (AvgIpc) is 2.98. The lowest BCUT2D eigenvalue weighted by Gasteiger charge is -2.33. The molecular weight excluding hydrogens is 332 g/mol. The second kappa shape index (κ2) is 8.74. The Labute approximate surface area is 154 Å². The third-order valence-electron chi connectivity index (χ3n) is 4.57. The van der Waals surface area contributed by atoms with Gasteiger partial charge in [-0.15, -0.1) is 11.3 Å². The van der Waals surface area contributed by atoms with E-state index in [0.717, 1.165) is 51.2 Å². The molecule has 0 radical (unpaired) electrons. The van der Waals surface area contributed by atoms with E-state index >= 15 is 0 Å². The monoisotopic (exact) mass is 360 g/mol. The smallest absolute Gasteiger partial charge is 0.234 e. The number of hydrogen-bond acceptors (Lipinski definition) is 5. The Hall–Kier alpha value is -1.50. The summed E-state index contributed by atoms with van der Waals surface area (Å²) in [6.07, 6.45) is 1.04. The lowest BCUT2D eigenvalue weighted by molar-refractivity contribution is -0.122. The van der Waals surface area contributed by atoms with E-state index < -0.39 is 0 Å². The van der Waals surface area contributed by atoms with Gasteiger partial charge < -0.3 is 5.32 Å². The van der Waals surface area contributed by atoms with E-state index in [4.69, 9.17) is 4.98 Å². The largest absolute Gasteiger partial charge is 0.355 e. The highest BCUT2D eigenvalue weighted by atomic mass is 32.1. The van der Waals surface area contributed by atoms with Crippen LogP contribution in [0.15, 0.2) is 24.3 Å². The van der Waals surface area contributed by atoms with Gasteiger partial charge in [0.25, 0.3) is 0 Å². The molecule has 0 spiro atoms. The number of aromatic nitrogens is 1. The topological polar surface area (TPSA) is 48.5 Å². The Kier molecular flexibility index (Phi) is 6.39. The Morgan fingerprint density at radius 3 is 2.64 bits per heavy atom. The molecule has 0 bridgehead atoms.